The van der Waals surface area contributed by atoms with Crippen LogP contribution in [0, 0.1) is 11.3 Å². The largest absolute Gasteiger partial charge is 0.444 e. The molecule has 8 nitrogen and oxygen atoms in total. The normalized spacial score (nSPS) is 16.5. The first-order chi connectivity index (χ1) is 20.5. The van der Waals surface area contributed by atoms with Crippen LogP contribution in [-0.4, -0.2) is 60.8 Å². The second-order valence-electron chi connectivity index (χ2n) is 13.3. The number of benzene rings is 2. The lowest BCUT2D eigenvalue weighted by molar-refractivity contribution is 0.0267. The van der Waals surface area contributed by atoms with Crippen LogP contribution >= 0.6 is 34.8 Å². The zero-order valence-corrected chi connectivity index (χ0v) is 28.4. The molecule has 1 fully saturated rings. The Labute approximate surface area is 275 Å². The van der Waals surface area contributed by atoms with Crippen LogP contribution in [0.15, 0.2) is 66.9 Å². The van der Waals surface area contributed by atoms with Crippen molar-refractivity contribution in [1.29, 1.82) is 0 Å². The first-order valence-corrected chi connectivity index (χ1v) is 15.8. The third-order valence-electron chi connectivity index (χ3n) is 7.28. The van der Waals surface area contributed by atoms with Crippen molar-refractivity contribution in [2.24, 2.45) is 11.3 Å². The van der Waals surface area contributed by atoms with E-state index in [1.165, 1.54) is 0 Å². The monoisotopic (exact) mass is 662 g/mol. The van der Waals surface area contributed by atoms with Gasteiger partial charge in [0.25, 0.3) is 0 Å². The van der Waals surface area contributed by atoms with Gasteiger partial charge in [0.2, 0.25) is 0 Å². The molecule has 0 radical (unpaired) electrons. The summed E-state index contributed by atoms with van der Waals surface area (Å²) in [4.78, 5) is 35.1. The van der Waals surface area contributed by atoms with E-state index in [9.17, 15) is 9.59 Å². The molecule has 3 aromatic rings. The second-order valence-corrected chi connectivity index (χ2v) is 15.5. The van der Waals surface area contributed by atoms with Gasteiger partial charge >= 0.3 is 16.2 Å². The second kappa shape index (κ2) is 13.6. The zero-order valence-electron chi connectivity index (χ0n) is 26.1. The Bertz CT molecular complexity index is 1410. The minimum atomic E-state index is -2.26. The van der Waals surface area contributed by atoms with Gasteiger partial charge in [-0.1, -0.05) is 81.4 Å². The number of alkyl halides is 3. The third kappa shape index (κ3) is 9.29. The van der Waals surface area contributed by atoms with E-state index in [4.69, 9.17) is 49.3 Å². The number of carbonyl (C=O) groups excluding carboxylic acids is 2. The highest BCUT2D eigenvalue weighted by molar-refractivity contribution is 6.66. The van der Waals surface area contributed by atoms with E-state index in [0.717, 1.165) is 16.8 Å². The van der Waals surface area contributed by atoms with Crippen LogP contribution in [0.2, 0.25) is 0 Å². The van der Waals surface area contributed by atoms with E-state index in [1.807, 2.05) is 96.3 Å². The molecule has 0 aliphatic carbocycles. The SMILES string of the molecule is CC(C)(C)OC(=O)N1CC[C@@H](CN(C(=O)OC(Cl)(Cl)Cl)[C@@H](c2nc(-c3ccccc3)cn2Cc2ccccc2)C(C)(C)C)C1. The van der Waals surface area contributed by atoms with Crippen LogP contribution in [0.4, 0.5) is 9.59 Å². The molecule has 0 saturated carbocycles. The number of likely N-dealkylation sites (tertiary alicyclic amines) is 1. The predicted octanol–water partition coefficient (Wildman–Crippen LogP) is 8.71. The Morgan fingerprint density at radius 3 is 2.14 bits per heavy atom. The van der Waals surface area contributed by atoms with Crippen molar-refractivity contribution in [2.45, 2.75) is 70.1 Å². The van der Waals surface area contributed by atoms with E-state index < -0.39 is 27.1 Å². The summed E-state index contributed by atoms with van der Waals surface area (Å²) in [5.41, 5.74) is 1.67. The molecule has 2 aromatic carbocycles. The average Bonchev–Trinajstić information content (AvgIpc) is 3.54. The van der Waals surface area contributed by atoms with Crippen LogP contribution in [0.3, 0.4) is 0 Å². The summed E-state index contributed by atoms with van der Waals surface area (Å²) < 4.78 is 10.7. The molecule has 0 unspecified atom stereocenters. The van der Waals surface area contributed by atoms with E-state index in [1.54, 1.807) is 9.80 Å². The van der Waals surface area contributed by atoms with Gasteiger partial charge in [0.05, 0.1) is 11.7 Å². The number of rotatable bonds is 7. The maximum absolute atomic E-state index is 13.9. The molecule has 1 aliphatic rings. The zero-order chi connectivity index (χ0) is 32.3. The lowest BCUT2D eigenvalue weighted by Gasteiger charge is -2.40. The van der Waals surface area contributed by atoms with Crippen LogP contribution < -0.4 is 0 Å². The standard InChI is InChI=1S/C33H41Cl3N4O4/c1-31(2,3)27(28-37-26(25-15-11-8-12-16-25)22-39(28)19-23-13-9-7-10-14-23)40(30(42)44-33(34,35)36)21-24-17-18-38(20-24)29(41)43-32(4,5)6/h7-16,22,24,27H,17-21H2,1-6H3/t24-,27+/m1/s1. The number of imidazole rings is 1. The lowest BCUT2D eigenvalue weighted by Crippen LogP contribution is -2.46. The molecule has 2 atom stereocenters. The molecule has 1 aliphatic heterocycles. The van der Waals surface area contributed by atoms with Crippen molar-refractivity contribution in [3.05, 3.63) is 78.2 Å². The molecule has 0 spiro atoms. The summed E-state index contributed by atoms with van der Waals surface area (Å²) >= 11 is 17.9. The smallest absolute Gasteiger partial charge is 0.413 e. The Hall–Kier alpha value is -2.94. The first-order valence-electron chi connectivity index (χ1n) is 14.7. The Morgan fingerprint density at radius 2 is 1.57 bits per heavy atom. The van der Waals surface area contributed by atoms with Crippen molar-refractivity contribution in [3.63, 3.8) is 0 Å². The number of aromatic nitrogens is 2. The van der Waals surface area contributed by atoms with Crippen molar-refractivity contribution in [3.8, 4) is 11.3 Å². The van der Waals surface area contributed by atoms with Gasteiger partial charge in [-0.05, 0) is 78.9 Å². The summed E-state index contributed by atoms with van der Waals surface area (Å²) in [6, 6.07) is 19.4. The van der Waals surface area contributed by atoms with Crippen LogP contribution in [0.5, 0.6) is 0 Å². The maximum atomic E-state index is 13.9. The summed E-state index contributed by atoms with van der Waals surface area (Å²) in [7, 11) is 0. The van der Waals surface area contributed by atoms with E-state index in [2.05, 4.69) is 16.7 Å². The number of hydrogen-bond donors (Lipinski definition) is 0. The minimum Gasteiger partial charge on any atom is -0.444 e. The fourth-order valence-electron chi connectivity index (χ4n) is 5.49. The summed E-state index contributed by atoms with van der Waals surface area (Å²) in [6.45, 7) is 13.3. The summed E-state index contributed by atoms with van der Waals surface area (Å²) in [6.07, 6.45) is 1.51. The van der Waals surface area contributed by atoms with Gasteiger partial charge in [-0.2, -0.15) is 0 Å². The number of hydrogen-bond acceptors (Lipinski definition) is 5. The number of carbonyl (C=O) groups is 2. The first kappa shape index (κ1) is 33.9. The van der Waals surface area contributed by atoms with Gasteiger partial charge < -0.3 is 18.9 Å². The van der Waals surface area contributed by atoms with Gasteiger partial charge in [-0.15, -0.1) is 0 Å². The van der Waals surface area contributed by atoms with Gasteiger partial charge in [0, 0.05) is 37.9 Å². The molecule has 2 amide bonds. The summed E-state index contributed by atoms with van der Waals surface area (Å²) in [5, 5.41) is 0. The number of nitrogens with zero attached hydrogens (tertiary/aromatic N) is 4. The van der Waals surface area contributed by atoms with Crippen molar-refractivity contribution >= 4 is 47.0 Å². The predicted molar refractivity (Wildman–Crippen MR) is 175 cm³/mol. The molecular weight excluding hydrogens is 623 g/mol. The molecule has 2 heterocycles. The molecule has 1 aromatic heterocycles. The van der Waals surface area contributed by atoms with E-state index in [0.29, 0.717) is 31.9 Å². The quantitative estimate of drug-likeness (QED) is 0.236. The highest BCUT2D eigenvalue weighted by atomic mass is 35.6. The molecule has 238 valence electrons. The van der Waals surface area contributed by atoms with E-state index >= 15 is 0 Å². The minimum absolute atomic E-state index is 0.0681. The summed E-state index contributed by atoms with van der Waals surface area (Å²) in [5.74, 6) is 0.602. The molecule has 0 bridgehead atoms. The van der Waals surface area contributed by atoms with Crippen molar-refractivity contribution in [1.82, 2.24) is 19.4 Å². The molecule has 0 N–H and O–H groups in total. The average molecular weight is 664 g/mol. The fraction of sp³-hybridized carbons (Fsp3) is 0.485. The number of ether oxygens (including phenoxy) is 2. The van der Waals surface area contributed by atoms with Crippen molar-refractivity contribution in [2.75, 3.05) is 19.6 Å². The Morgan fingerprint density at radius 1 is 0.955 bits per heavy atom. The van der Waals surface area contributed by atoms with Gasteiger partial charge in [-0.25, -0.2) is 14.6 Å². The maximum Gasteiger partial charge on any atom is 0.413 e. The molecule has 11 heteroatoms. The third-order valence-corrected chi connectivity index (χ3v) is 7.51. The fourth-order valence-corrected chi connectivity index (χ4v) is 5.69. The number of halogens is 3. The van der Waals surface area contributed by atoms with Gasteiger partial charge in [0.1, 0.15) is 11.4 Å². The topological polar surface area (TPSA) is 76.9 Å². The Balaban J connectivity index is 1.76. The molecule has 1 saturated heterocycles. The van der Waals surface area contributed by atoms with Crippen LogP contribution in [-0.2, 0) is 16.0 Å². The Kier molecular flexibility index (Phi) is 10.5. The molecule has 44 heavy (non-hydrogen) atoms. The van der Waals surface area contributed by atoms with Crippen LogP contribution in [0.25, 0.3) is 11.3 Å². The van der Waals surface area contributed by atoms with E-state index in [-0.39, 0.29) is 18.6 Å². The van der Waals surface area contributed by atoms with Gasteiger partial charge in [0.15, 0.2) is 0 Å². The highest BCUT2D eigenvalue weighted by Gasteiger charge is 2.43. The van der Waals surface area contributed by atoms with Gasteiger partial charge in [-0.3, -0.25) is 4.90 Å². The van der Waals surface area contributed by atoms with Crippen molar-refractivity contribution < 1.29 is 19.1 Å². The molecule has 4 rings (SSSR count). The lowest BCUT2D eigenvalue weighted by atomic mass is 9.84. The number of amides is 2. The van der Waals surface area contributed by atoms with Crippen LogP contribution in [0.1, 0.15) is 65.4 Å². The molecular formula is C33H41Cl3N4O4. The highest BCUT2D eigenvalue weighted by Crippen LogP contribution is 2.41.